The Labute approximate surface area is 205 Å². The first kappa shape index (κ1) is 24.8. The zero-order valence-corrected chi connectivity index (χ0v) is 20.2. The van der Waals surface area contributed by atoms with Crippen LogP contribution in [0.2, 0.25) is 0 Å². The normalized spacial score (nSPS) is 14.3. The first-order valence-corrected chi connectivity index (χ1v) is 12.1. The summed E-state index contributed by atoms with van der Waals surface area (Å²) < 4.78 is 39.3. The number of hydrogen-bond donors (Lipinski definition) is 1. The van der Waals surface area contributed by atoms with Gasteiger partial charge in [-0.15, -0.1) is 0 Å². The second-order valence-electron chi connectivity index (χ2n) is 8.35. The number of piperazine rings is 1. The maximum absolute atomic E-state index is 13.1. The molecular weight excluding hydrogens is 477 g/mol. The molecule has 1 N–H and O–H groups in total. The Hall–Kier alpha value is -3.27. The molecule has 1 fully saturated rings. The molecule has 0 spiro atoms. The molecular formula is C25H25F3N4O2S. The van der Waals surface area contributed by atoms with Crippen LogP contribution in [0.15, 0.2) is 53.7 Å². The van der Waals surface area contributed by atoms with E-state index in [1.165, 1.54) is 23.9 Å². The quantitative estimate of drug-likeness (QED) is 0.356. The largest absolute Gasteiger partial charge is 0.478 e. The molecule has 1 aliphatic heterocycles. The number of alkyl halides is 3. The van der Waals surface area contributed by atoms with E-state index in [1.54, 1.807) is 30.3 Å². The summed E-state index contributed by atoms with van der Waals surface area (Å²) in [7, 11) is 0. The van der Waals surface area contributed by atoms with Crippen LogP contribution < -0.4 is 9.80 Å². The molecule has 1 saturated heterocycles. The number of aryl methyl sites for hydroxylation is 1. The van der Waals surface area contributed by atoms with Gasteiger partial charge >= 0.3 is 12.1 Å². The van der Waals surface area contributed by atoms with E-state index >= 15 is 0 Å². The fourth-order valence-electron chi connectivity index (χ4n) is 3.91. The summed E-state index contributed by atoms with van der Waals surface area (Å²) >= 11 is 1.48. The fraction of sp³-hybridized carbons (Fsp3) is 0.320. The highest BCUT2D eigenvalue weighted by atomic mass is 32.2. The van der Waals surface area contributed by atoms with E-state index < -0.39 is 17.7 Å². The number of thioether (sulfide) groups is 1. The van der Waals surface area contributed by atoms with Crippen molar-refractivity contribution in [2.45, 2.75) is 30.9 Å². The predicted molar refractivity (Wildman–Crippen MR) is 130 cm³/mol. The van der Waals surface area contributed by atoms with Crippen molar-refractivity contribution in [3.63, 3.8) is 0 Å². The summed E-state index contributed by atoms with van der Waals surface area (Å²) in [6.45, 7) is 6.35. The number of rotatable bonds is 6. The molecule has 4 rings (SSSR count). The molecule has 1 aromatic heterocycles. The summed E-state index contributed by atoms with van der Waals surface area (Å²) in [4.78, 5) is 24.5. The van der Waals surface area contributed by atoms with Gasteiger partial charge in [0.05, 0.1) is 11.1 Å². The molecule has 0 atom stereocenters. The van der Waals surface area contributed by atoms with Crippen molar-refractivity contribution >= 4 is 29.2 Å². The number of carboxylic acids is 1. The van der Waals surface area contributed by atoms with Crippen molar-refractivity contribution < 1.29 is 23.1 Å². The van der Waals surface area contributed by atoms with E-state index in [4.69, 9.17) is 10.1 Å². The van der Waals surface area contributed by atoms with Crippen molar-refractivity contribution in [2.75, 3.05) is 36.0 Å². The highest BCUT2D eigenvalue weighted by molar-refractivity contribution is 7.98. The summed E-state index contributed by atoms with van der Waals surface area (Å²) in [5, 5.41) is 9.67. The van der Waals surface area contributed by atoms with Crippen molar-refractivity contribution in [2.24, 2.45) is 0 Å². The molecule has 184 valence electrons. The number of carboxylic acid groups (broad SMARTS) is 1. The Balaban J connectivity index is 1.43. The number of benzene rings is 2. The lowest BCUT2D eigenvalue weighted by Gasteiger charge is -2.37. The monoisotopic (exact) mass is 502 g/mol. The van der Waals surface area contributed by atoms with Crippen molar-refractivity contribution in [1.82, 2.24) is 9.97 Å². The molecule has 0 amide bonds. The summed E-state index contributed by atoms with van der Waals surface area (Å²) in [6, 6.07) is 12.2. The third kappa shape index (κ3) is 5.87. The highest BCUT2D eigenvalue weighted by Gasteiger charge is 2.31. The van der Waals surface area contributed by atoms with E-state index in [0.29, 0.717) is 42.8 Å². The lowest BCUT2D eigenvalue weighted by Crippen LogP contribution is -2.47. The summed E-state index contributed by atoms with van der Waals surface area (Å²) in [5.41, 5.74) is 3.00. The number of halogens is 3. The van der Waals surface area contributed by atoms with Crippen molar-refractivity contribution in [3.8, 4) is 0 Å². The van der Waals surface area contributed by atoms with Crippen molar-refractivity contribution in [1.29, 1.82) is 0 Å². The molecule has 10 heteroatoms. The zero-order valence-electron chi connectivity index (χ0n) is 19.3. The van der Waals surface area contributed by atoms with Gasteiger partial charge in [-0.1, -0.05) is 30.0 Å². The number of nitrogens with zero attached hydrogens (tertiary/aromatic N) is 4. The lowest BCUT2D eigenvalue weighted by atomic mass is 10.1. The SMILES string of the molecule is Cc1nc(SCc2ccc(C(=O)O)cc2)nc(N2CCN(c3cccc(C(F)(F)F)c3)CC2)c1C. The Morgan fingerprint density at radius 2 is 1.66 bits per heavy atom. The number of hydrogen-bond acceptors (Lipinski definition) is 6. The minimum Gasteiger partial charge on any atom is -0.478 e. The van der Waals surface area contributed by atoms with Gasteiger partial charge in [-0.3, -0.25) is 0 Å². The minimum atomic E-state index is -4.36. The van der Waals surface area contributed by atoms with Gasteiger partial charge in [0.2, 0.25) is 0 Å². The molecule has 0 saturated carbocycles. The van der Waals surface area contributed by atoms with Crippen LogP contribution in [0.3, 0.4) is 0 Å². The maximum atomic E-state index is 13.1. The molecule has 1 aliphatic rings. The van der Waals surface area contributed by atoms with Crippen LogP contribution in [0.1, 0.15) is 32.7 Å². The molecule has 2 heterocycles. The van der Waals surface area contributed by atoms with Gasteiger partial charge in [0.15, 0.2) is 5.16 Å². The van der Waals surface area contributed by atoms with Gasteiger partial charge < -0.3 is 14.9 Å². The predicted octanol–water partition coefficient (Wildman–Crippen LogP) is 5.43. The van der Waals surface area contributed by atoms with Crippen LogP contribution in [0.4, 0.5) is 24.7 Å². The first-order valence-electron chi connectivity index (χ1n) is 11.1. The van der Waals surface area contributed by atoms with E-state index in [2.05, 4.69) is 9.88 Å². The van der Waals surface area contributed by atoms with Crippen molar-refractivity contribution in [3.05, 3.63) is 76.5 Å². The first-order chi connectivity index (χ1) is 16.6. The van der Waals surface area contributed by atoms with Gasteiger partial charge in [-0.25, -0.2) is 14.8 Å². The Morgan fingerprint density at radius 3 is 2.29 bits per heavy atom. The van der Waals surface area contributed by atoms with Crippen LogP contribution in [-0.4, -0.2) is 47.2 Å². The van der Waals surface area contributed by atoms with E-state index in [1.807, 2.05) is 18.7 Å². The second-order valence-corrected chi connectivity index (χ2v) is 9.30. The van der Waals surface area contributed by atoms with E-state index in [0.717, 1.165) is 28.7 Å². The molecule has 0 unspecified atom stereocenters. The number of aromatic nitrogens is 2. The second kappa shape index (κ2) is 10.2. The van der Waals surface area contributed by atoms with Crippen LogP contribution in [-0.2, 0) is 11.9 Å². The fourth-order valence-corrected chi connectivity index (χ4v) is 4.75. The standard InChI is InChI=1S/C25H25F3N4O2S/c1-16-17(2)29-24(35-15-18-6-8-19(9-7-18)23(33)34)30-22(16)32-12-10-31(11-13-32)21-5-3-4-20(14-21)25(26,27)28/h3-9,14H,10-13,15H2,1-2H3,(H,33,34). The van der Waals surface area contributed by atoms with Gasteiger partial charge in [-0.2, -0.15) is 13.2 Å². The van der Waals surface area contributed by atoms with Crippen LogP contribution in [0, 0.1) is 13.8 Å². The van der Waals surface area contributed by atoms with E-state index in [9.17, 15) is 18.0 Å². The van der Waals surface area contributed by atoms with Crippen LogP contribution in [0.5, 0.6) is 0 Å². The number of aromatic carboxylic acids is 1. The lowest BCUT2D eigenvalue weighted by molar-refractivity contribution is -0.137. The molecule has 0 aliphatic carbocycles. The van der Waals surface area contributed by atoms with Gasteiger partial charge in [0.25, 0.3) is 0 Å². The molecule has 0 bridgehead atoms. The maximum Gasteiger partial charge on any atom is 0.416 e. The molecule has 0 radical (unpaired) electrons. The Morgan fingerprint density at radius 1 is 1.00 bits per heavy atom. The average molecular weight is 503 g/mol. The third-order valence-electron chi connectivity index (χ3n) is 6.03. The highest BCUT2D eigenvalue weighted by Crippen LogP contribution is 2.32. The average Bonchev–Trinajstić information content (AvgIpc) is 2.84. The summed E-state index contributed by atoms with van der Waals surface area (Å²) in [5.74, 6) is 0.481. The third-order valence-corrected chi connectivity index (χ3v) is 6.95. The van der Waals surface area contributed by atoms with Crippen LogP contribution in [0.25, 0.3) is 0 Å². The van der Waals surface area contributed by atoms with E-state index in [-0.39, 0.29) is 5.56 Å². The van der Waals surface area contributed by atoms with Crippen LogP contribution >= 0.6 is 11.8 Å². The zero-order chi connectivity index (χ0) is 25.2. The topological polar surface area (TPSA) is 69.6 Å². The number of anilines is 2. The van der Waals surface area contributed by atoms with Gasteiger partial charge in [0.1, 0.15) is 5.82 Å². The molecule has 2 aromatic carbocycles. The molecule has 35 heavy (non-hydrogen) atoms. The summed E-state index contributed by atoms with van der Waals surface area (Å²) in [6.07, 6.45) is -4.36. The Bertz CT molecular complexity index is 1210. The molecule has 6 nitrogen and oxygen atoms in total. The Kier molecular flexibility index (Phi) is 7.20. The van der Waals surface area contributed by atoms with Gasteiger partial charge in [0, 0.05) is 48.9 Å². The van der Waals surface area contributed by atoms with Gasteiger partial charge in [-0.05, 0) is 49.7 Å². The minimum absolute atomic E-state index is 0.243. The smallest absolute Gasteiger partial charge is 0.416 e. The molecule has 3 aromatic rings. The number of carbonyl (C=O) groups is 1.